The van der Waals surface area contributed by atoms with E-state index >= 15 is 0 Å². The van der Waals surface area contributed by atoms with Crippen LogP contribution in [0.3, 0.4) is 0 Å². The minimum absolute atomic E-state index is 0.348. The van der Waals surface area contributed by atoms with Crippen molar-refractivity contribution in [3.63, 3.8) is 0 Å². The molecule has 0 aromatic carbocycles. The summed E-state index contributed by atoms with van der Waals surface area (Å²) < 4.78 is 0. The van der Waals surface area contributed by atoms with E-state index in [9.17, 15) is 0 Å². The van der Waals surface area contributed by atoms with Crippen LogP contribution >= 0.6 is 11.3 Å². The molecular weight excluding hydrogens is 266 g/mol. The number of rotatable bonds is 7. The third-order valence-corrected chi connectivity index (χ3v) is 4.54. The van der Waals surface area contributed by atoms with Crippen molar-refractivity contribution in [3.05, 3.63) is 46.4 Å². The topological polar surface area (TPSA) is 28.2 Å². The van der Waals surface area contributed by atoms with E-state index in [1.54, 1.807) is 0 Å². The highest BCUT2D eigenvalue weighted by atomic mass is 32.1. The van der Waals surface area contributed by atoms with E-state index in [1.807, 2.05) is 24.6 Å². The largest absolute Gasteiger partial charge is 0.373 e. The first-order chi connectivity index (χ1) is 9.74. The molecule has 4 heteroatoms. The van der Waals surface area contributed by atoms with Crippen LogP contribution in [-0.2, 0) is 6.42 Å². The van der Waals surface area contributed by atoms with Gasteiger partial charge in [0.15, 0.2) is 0 Å². The monoisotopic (exact) mass is 289 g/mol. The summed E-state index contributed by atoms with van der Waals surface area (Å²) in [6, 6.07) is 8.94. The average Bonchev–Trinajstić information content (AvgIpc) is 3.00. The second-order valence-corrected chi connectivity index (χ2v) is 5.97. The minimum atomic E-state index is 0.348. The Morgan fingerprint density at radius 2 is 2.20 bits per heavy atom. The lowest BCUT2D eigenvalue weighted by atomic mass is 10.1. The number of hydrogen-bond donors (Lipinski definition) is 1. The molecule has 0 aliphatic heterocycles. The highest BCUT2D eigenvalue weighted by Gasteiger charge is 2.09. The molecule has 0 fully saturated rings. The summed E-state index contributed by atoms with van der Waals surface area (Å²) in [5.74, 6) is 0. The molecule has 0 amide bonds. The van der Waals surface area contributed by atoms with Crippen molar-refractivity contribution in [2.24, 2.45) is 0 Å². The first kappa shape index (κ1) is 15.0. The van der Waals surface area contributed by atoms with Gasteiger partial charge in [-0.15, -0.1) is 11.3 Å². The Bertz CT molecular complexity index is 489. The molecule has 0 saturated carbocycles. The first-order valence-electron chi connectivity index (χ1n) is 7.11. The van der Waals surface area contributed by atoms with Crippen molar-refractivity contribution < 1.29 is 0 Å². The van der Waals surface area contributed by atoms with Gasteiger partial charge in [-0.1, -0.05) is 13.0 Å². The molecule has 0 saturated heterocycles. The Morgan fingerprint density at radius 1 is 1.35 bits per heavy atom. The SMILES string of the molecule is CCC(NC)c1ccc(N(C)CCc2cccs2)cn1. The molecule has 2 rings (SSSR count). The van der Waals surface area contributed by atoms with Gasteiger partial charge in [0.2, 0.25) is 0 Å². The third kappa shape index (κ3) is 3.81. The van der Waals surface area contributed by atoms with E-state index in [0.717, 1.165) is 25.1 Å². The summed E-state index contributed by atoms with van der Waals surface area (Å²) in [6.45, 7) is 3.19. The number of pyridine rings is 1. The van der Waals surface area contributed by atoms with Gasteiger partial charge in [-0.25, -0.2) is 0 Å². The van der Waals surface area contributed by atoms with Crippen LogP contribution in [0.1, 0.15) is 30.0 Å². The van der Waals surface area contributed by atoms with Gasteiger partial charge in [-0.2, -0.15) is 0 Å². The van der Waals surface area contributed by atoms with Crippen molar-refractivity contribution >= 4 is 17.0 Å². The van der Waals surface area contributed by atoms with Crippen LogP contribution in [0.25, 0.3) is 0 Å². The van der Waals surface area contributed by atoms with Crippen molar-refractivity contribution in [1.29, 1.82) is 0 Å². The lowest BCUT2D eigenvalue weighted by Gasteiger charge is -2.20. The number of anilines is 1. The van der Waals surface area contributed by atoms with Crippen LogP contribution in [0, 0.1) is 0 Å². The summed E-state index contributed by atoms with van der Waals surface area (Å²) >= 11 is 1.82. The summed E-state index contributed by atoms with van der Waals surface area (Å²) in [5.41, 5.74) is 2.29. The molecule has 108 valence electrons. The van der Waals surface area contributed by atoms with Crippen LogP contribution in [0.15, 0.2) is 35.8 Å². The van der Waals surface area contributed by atoms with E-state index in [-0.39, 0.29) is 0 Å². The molecule has 1 N–H and O–H groups in total. The predicted octanol–water partition coefficient (Wildman–Crippen LogP) is 3.49. The van der Waals surface area contributed by atoms with Crippen LogP contribution in [0.4, 0.5) is 5.69 Å². The molecule has 0 aliphatic carbocycles. The van der Waals surface area contributed by atoms with Crippen LogP contribution in [0.2, 0.25) is 0 Å². The fourth-order valence-corrected chi connectivity index (χ4v) is 2.95. The Kier molecular flexibility index (Phi) is 5.56. The van der Waals surface area contributed by atoms with Crippen LogP contribution in [0.5, 0.6) is 0 Å². The van der Waals surface area contributed by atoms with Gasteiger partial charge < -0.3 is 10.2 Å². The smallest absolute Gasteiger partial charge is 0.0574 e. The number of thiophene rings is 1. The minimum Gasteiger partial charge on any atom is -0.373 e. The van der Waals surface area contributed by atoms with Gasteiger partial charge >= 0.3 is 0 Å². The lowest BCUT2D eigenvalue weighted by molar-refractivity contribution is 0.561. The van der Waals surface area contributed by atoms with Crippen molar-refractivity contribution in [2.45, 2.75) is 25.8 Å². The third-order valence-electron chi connectivity index (χ3n) is 3.60. The standard InChI is InChI=1S/C16H23N3S/c1-4-15(17-2)16-8-7-13(12-18-16)19(3)10-9-14-6-5-11-20-14/h5-8,11-12,15,17H,4,9-10H2,1-3H3. The van der Waals surface area contributed by atoms with E-state index in [1.165, 1.54) is 10.6 Å². The molecule has 0 aliphatic rings. The summed E-state index contributed by atoms with van der Waals surface area (Å²) in [4.78, 5) is 8.28. The zero-order valence-electron chi connectivity index (χ0n) is 12.5. The number of aromatic nitrogens is 1. The normalized spacial score (nSPS) is 12.3. The summed E-state index contributed by atoms with van der Waals surface area (Å²) in [5, 5.41) is 5.42. The fourth-order valence-electron chi connectivity index (χ4n) is 2.25. The number of hydrogen-bond acceptors (Lipinski definition) is 4. The molecule has 20 heavy (non-hydrogen) atoms. The van der Waals surface area contributed by atoms with E-state index in [2.05, 4.69) is 58.8 Å². The molecule has 1 unspecified atom stereocenters. The Morgan fingerprint density at radius 3 is 2.75 bits per heavy atom. The molecular formula is C16H23N3S. The average molecular weight is 289 g/mol. The number of nitrogens with one attached hydrogen (secondary N) is 1. The molecule has 2 heterocycles. The maximum absolute atomic E-state index is 4.59. The quantitative estimate of drug-likeness (QED) is 0.845. The Hall–Kier alpha value is -1.39. The number of nitrogens with zero attached hydrogens (tertiary/aromatic N) is 2. The molecule has 0 radical (unpaired) electrons. The zero-order valence-corrected chi connectivity index (χ0v) is 13.3. The predicted molar refractivity (Wildman–Crippen MR) is 87.6 cm³/mol. The summed E-state index contributed by atoms with van der Waals surface area (Å²) in [6.07, 6.45) is 4.12. The van der Waals surface area contributed by atoms with E-state index < -0.39 is 0 Å². The fraction of sp³-hybridized carbons (Fsp3) is 0.438. The first-order valence-corrected chi connectivity index (χ1v) is 7.99. The second kappa shape index (κ2) is 7.41. The molecule has 0 bridgehead atoms. The Labute approximate surface area is 125 Å². The van der Waals surface area contributed by atoms with Crippen LogP contribution < -0.4 is 10.2 Å². The van der Waals surface area contributed by atoms with Crippen molar-refractivity contribution in [1.82, 2.24) is 10.3 Å². The molecule has 1 atom stereocenters. The van der Waals surface area contributed by atoms with Gasteiger partial charge in [0, 0.05) is 24.5 Å². The number of likely N-dealkylation sites (N-methyl/N-ethyl adjacent to an activating group) is 1. The second-order valence-electron chi connectivity index (χ2n) is 4.94. The summed E-state index contributed by atoms with van der Waals surface area (Å²) in [7, 11) is 4.11. The lowest BCUT2D eigenvalue weighted by Crippen LogP contribution is -2.21. The van der Waals surface area contributed by atoms with E-state index in [4.69, 9.17) is 0 Å². The van der Waals surface area contributed by atoms with Gasteiger partial charge in [0.05, 0.1) is 17.6 Å². The molecule has 2 aromatic heterocycles. The highest BCUT2D eigenvalue weighted by molar-refractivity contribution is 7.09. The zero-order chi connectivity index (χ0) is 14.4. The molecule has 0 spiro atoms. The Balaban J connectivity index is 1.94. The molecule has 2 aromatic rings. The maximum atomic E-state index is 4.59. The van der Waals surface area contributed by atoms with Gasteiger partial charge in [-0.3, -0.25) is 4.98 Å². The van der Waals surface area contributed by atoms with Crippen LogP contribution in [-0.4, -0.2) is 25.6 Å². The van der Waals surface area contributed by atoms with Crippen molar-refractivity contribution in [3.8, 4) is 0 Å². The van der Waals surface area contributed by atoms with Gasteiger partial charge in [0.25, 0.3) is 0 Å². The van der Waals surface area contributed by atoms with E-state index in [0.29, 0.717) is 6.04 Å². The van der Waals surface area contributed by atoms with Gasteiger partial charge in [-0.05, 0) is 43.5 Å². The molecule has 3 nitrogen and oxygen atoms in total. The maximum Gasteiger partial charge on any atom is 0.0574 e. The highest BCUT2D eigenvalue weighted by Crippen LogP contribution is 2.18. The van der Waals surface area contributed by atoms with Gasteiger partial charge in [0.1, 0.15) is 0 Å². The van der Waals surface area contributed by atoms with Crippen molar-refractivity contribution in [2.75, 3.05) is 25.5 Å².